The van der Waals surface area contributed by atoms with Gasteiger partial charge in [0.25, 0.3) is 0 Å². The van der Waals surface area contributed by atoms with Crippen molar-refractivity contribution in [1.82, 2.24) is 10.9 Å². The molecule has 0 aliphatic rings. The fraction of sp³-hybridized carbons (Fsp3) is 0.385. The third kappa shape index (κ3) is 5.14. The van der Waals surface area contributed by atoms with E-state index in [2.05, 4.69) is 31.5 Å². The fourth-order valence-electron chi connectivity index (χ4n) is 1.54. The fourth-order valence-corrected chi connectivity index (χ4v) is 2.00. The normalized spacial score (nSPS) is 9.71. The van der Waals surface area contributed by atoms with Crippen molar-refractivity contribution in [1.29, 1.82) is 0 Å². The Morgan fingerprint density at radius 1 is 1.14 bits per heavy atom. The maximum atomic E-state index is 11.8. The predicted molar refractivity (Wildman–Crippen MR) is 79.3 cm³/mol. The number of nitrogens with one attached hydrogen (secondary N) is 2. The lowest BCUT2D eigenvalue weighted by Crippen LogP contribution is -2.42. The maximum absolute atomic E-state index is 11.8. The molecule has 7 nitrogen and oxygen atoms in total. The highest BCUT2D eigenvalue weighted by atomic mass is 79.9. The average molecular weight is 361 g/mol. The highest BCUT2D eigenvalue weighted by Gasteiger charge is 2.13. The van der Waals surface area contributed by atoms with E-state index >= 15 is 0 Å². The molecule has 21 heavy (non-hydrogen) atoms. The van der Waals surface area contributed by atoms with Gasteiger partial charge in [-0.2, -0.15) is 0 Å². The summed E-state index contributed by atoms with van der Waals surface area (Å²) in [5.41, 5.74) is 5.09. The molecule has 0 aromatic heterocycles. The van der Waals surface area contributed by atoms with Crippen LogP contribution in [0.5, 0.6) is 11.5 Å². The van der Waals surface area contributed by atoms with Crippen LogP contribution in [0.2, 0.25) is 0 Å². The minimum atomic E-state index is -0.711. The van der Waals surface area contributed by atoms with Gasteiger partial charge in [-0.05, 0) is 24.6 Å². The Kier molecular flexibility index (Phi) is 6.80. The molecule has 0 heterocycles. The maximum Gasteiger partial charge on any atom is 0.426 e. The molecule has 0 unspecified atom stereocenters. The zero-order valence-corrected chi connectivity index (χ0v) is 13.6. The summed E-state index contributed by atoms with van der Waals surface area (Å²) < 4.78 is 15.7. The van der Waals surface area contributed by atoms with Gasteiger partial charge in [-0.15, -0.1) is 0 Å². The monoisotopic (exact) mass is 360 g/mol. The topological polar surface area (TPSA) is 85.9 Å². The van der Waals surface area contributed by atoms with Gasteiger partial charge < -0.3 is 14.2 Å². The minimum Gasteiger partial charge on any atom is -0.493 e. The molecule has 1 aromatic carbocycles. The van der Waals surface area contributed by atoms with Gasteiger partial charge in [0.15, 0.2) is 11.5 Å². The molecule has 116 valence electrons. The van der Waals surface area contributed by atoms with Gasteiger partial charge in [0.2, 0.25) is 5.91 Å². The van der Waals surface area contributed by atoms with E-state index < -0.39 is 12.0 Å². The van der Waals surface area contributed by atoms with Crippen LogP contribution in [0.15, 0.2) is 16.6 Å². The van der Waals surface area contributed by atoms with Crippen molar-refractivity contribution < 1.29 is 23.8 Å². The molecule has 0 fully saturated rings. The molecule has 1 rings (SSSR count). The SMILES string of the molecule is CCOC(=O)NNC(=O)Cc1cc(OC)c(OC)cc1Br. The van der Waals surface area contributed by atoms with E-state index in [9.17, 15) is 9.59 Å². The van der Waals surface area contributed by atoms with Gasteiger partial charge in [0.05, 0.1) is 27.2 Å². The summed E-state index contributed by atoms with van der Waals surface area (Å²) in [5, 5.41) is 0. The van der Waals surface area contributed by atoms with Gasteiger partial charge in [-0.3, -0.25) is 10.2 Å². The smallest absolute Gasteiger partial charge is 0.426 e. The van der Waals surface area contributed by atoms with Crippen LogP contribution in [0.25, 0.3) is 0 Å². The first-order valence-electron chi connectivity index (χ1n) is 6.13. The molecule has 0 atom stereocenters. The second-order valence-electron chi connectivity index (χ2n) is 3.87. The number of carbonyl (C=O) groups is 2. The number of methoxy groups -OCH3 is 2. The second kappa shape index (κ2) is 8.35. The van der Waals surface area contributed by atoms with E-state index in [0.29, 0.717) is 21.5 Å². The first-order valence-corrected chi connectivity index (χ1v) is 6.93. The van der Waals surface area contributed by atoms with E-state index in [0.717, 1.165) is 0 Å². The summed E-state index contributed by atoms with van der Waals surface area (Å²) in [6.07, 6.45) is -0.662. The van der Waals surface area contributed by atoms with Crippen LogP contribution in [0.1, 0.15) is 12.5 Å². The summed E-state index contributed by atoms with van der Waals surface area (Å²) >= 11 is 3.36. The highest BCUT2D eigenvalue weighted by Crippen LogP contribution is 2.33. The number of benzene rings is 1. The lowest BCUT2D eigenvalue weighted by Gasteiger charge is -2.12. The Morgan fingerprint density at radius 2 is 1.76 bits per heavy atom. The number of ether oxygens (including phenoxy) is 3. The van der Waals surface area contributed by atoms with Crippen molar-refractivity contribution in [2.75, 3.05) is 20.8 Å². The van der Waals surface area contributed by atoms with Crippen LogP contribution in [-0.4, -0.2) is 32.8 Å². The number of carbonyl (C=O) groups excluding carboxylic acids is 2. The molecule has 8 heteroatoms. The van der Waals surface area contributed by atoms with E-state index in [1.165, 1.54) is 14.2 Å². The molecule has 1 aromatic rings. The Balaban J connectivity index is 2.69. The number of rotatable bonds is 5. The van der Waals surface area contributed by atoms with Crippen LogP contribution in [0.4, 0.5) is 4.79 Å². The summed E-state index contributed by atoms with van der Waals surface area (Å²) in [4.78, 5) is 22.8. The summed E-state index contributed by atoms with van der Waals surface area (Å²) in [7, 11) is 3.04. The van der Waals surface area contributed by atoms with E-state index in [-0.39, 0.29) is 13.0 Å². The van der Waals surface area contributed by atoms with Crippen molar-refractivity contribution in [3.05, 3.63) is 22.2 Å². The van der Waals surface area contributed by atoms with Crippen molar-refractivity contribution in [3.63, 3.8) is 0 Å². The average Bonchev–Trinajstić information content (AvgIpc) is 2.47. The van der Waals surface area contributed by atoms with Crippen molar-refractivity contribution in [2.45, 2.75) is 13.3 Å². The Labute approximate surface area is 131 Å². The lowest BCUT2D eigenvalue weighted by atomic mass is 10.1. The zero-order valence-electron chi connectivity index (χ0n) is 12.0. The quantitative estimate of drug-likeness (QED) is 0.781. The molecule has 0 saturated carbocycles. The Bertz CT molecular complexity index is 522. The number of amides is 2. The third-order valence-electron chi connectivity index (χ3n) is 2.48. The van der Waals surface area contributed by atoms with Gasteiger partial charge in [0, 0.05) is 4.47 Å². The van der Waals surface area contributed by atoms with Crippen LogP contribution >= 0.6 is 15.9 Å². The predicted octanol–water partition coefficient (Wildman–Crippen LogP) is 1.79. The van der Waals surface area contributed by atoms with Crippen LogP contribution in [-0.2, 0) is 16.0 Å². The number of hydrogen-bond acceptors (Lipinski definition) is 5. The van der Waals surface area contributed by atoms with Crippen LogP contribution in [0, 0.1) is 0 Å². The van der Waals surface area contributed by atoms with Gasteiger partial charge in [-0.25, -0.2) is 10.2 Å². The molecule has 0 radical (unpaired) electrons. The molecule has 0 aliphatic carbocycles. The Hall–Kier alpha value is -1.96. The molecule has 0 saturated heterocycles. The van der Waals surface area contributed by atoms with Gasteiger partial charge in [-0.1, -0.05) is 15.9 Å². The largest absolute Gasteiger partial charge is 0.493 e. The molecular formula is C13H17BrN2O5. The summed E-state index contributed by atoms with van der Waals surface area (Å²) in [6, 6.07) is 3.40. The van der Waals surface area contributed by atoms with Crippen molar-refractivity contribution in [3.8, 4) is 11.5 Å². The van der Waals surface area contributed by atoms with Crippen LogP contribution in [0.3, 0.4) is 0 Å². The first-order chi connectivity index (χ1) is 10.0. The molecule has 2 amide bonds. The van der Waals surface area contributed by atoms with E-state index in [4.69, 9.17) is 9.47 Å². The molecule has 0 bridgehead atoms. The van der Waals surface area contributed by atoms with Crippen LogP contribution < -0.4 is 20.3 Å². The third-order valence-corrected chi connectivity index (χ3v) is 3.22. The van der Waals surface area contributed by atoms with Crippen molar-refractivity contribution >= 4 is 27.9 Å². The molecule has 0 aliphatic heterocycles. The number of hydrazine groups is 1. The van der Waals surface area contributed by atoms with Gasteiger partial charge in [0.1, 0.15) is 0 Å². The summed E-state index contributed by atoms with van der Waals surface area (Å²) in [5.74, 6) is 0.677. The zero-order chi connectivity index (χ0) is 15.8. The number of halogens is 1. The van der Waals surface area contributed by atoms with Crippen molar-refractivity contribution in [2.24, 2.45) is 0 Å². The second-order valence-corrected chi connectivity index (χ2v) is 4.72. The highest BCUT2D eigenvalue weighted by molar-refractivity contribution is 9.10. The lowest BCUT2D eigenvalue weighted by molar-refractivity contribution is -0.121. The number of hydrogen-bond donors (Lipinski definition) is 2. The standard InChI is InChI=1S/C13H17BrN2O5/c1-4-21-13(18)16-15-12(17)6-8-5-10(19-2)11(20-3)7-9(8)14/h5,7H,4,6H2,1-3H3,(H,15,17)(H,16,18). The first kappa shape index (κ1) is 17.1. The van der Waals surface area contributed by atoms with E-state index in [1.54, 1.807) is 19.1 Å². The molecular weight excluding hydrogens is 344 g/mol. The van der Waals surface area contributed by atoms with Gasteiger partial charge >= 0.3 is 6.09 Å². The summed E-state index contributed by atoms with van der Waals surface area (Å²) in [6.45, 7) is 1.89. The van der Waals surface area contributed by atoms with E-state index in [1.807, 2.05) is 0 Å². The Morgan fingerprint density at radius 3 is 2.33 bits per heavy atom. The molecule has 0 spiro atoms. The molecule has 2 N–H and O–H groups in total. The minimum absolute atomic E-state index is 0.0490.